The first-order chi connectivity index (χ1) is 31.3. The quantitative estimate of drug-likeness (QED) is 0.0873. The first-order valence-corrected chi connectivity index (χ1v) is 23.8. The molecular weight excluding hydrogens is 869 g/mol. The van der Waals surface area contributed by atoms with Crippen LogP contribution in [0.1, 0.15) is 92.8 Å². The van der Waals surface area contributed by atoms with Gasteiger partial charge in [0.05, 0.1) is 56.9 Å². The monoisotopic (exact) mass is 924 g/mol. The molecule has 0 saturated carbocycles. The highest BCUT2D eigenvalue weighted by molar-refractivity contribution is 7.13. The molecule has 0 spiro atoms. The fraction of sp³-hybridized carbons (Fsp3) is 0.447. The van der Waals surface area contributed by atoms with Crippen molar-refractivity contribution in [2.75, 3.05) is 13.1 Å². The zero-order valence-corrected chi connectivity index (χ0v) is 38.9. The van der Waals surface area contributed by atoms with Gasteiger partial charge in [-0.1, -0.05) is 74.0 Å². The number of likely N-dealkylation sites (tertiary alicyclic amines) is 2. The van der Waals surface area contributed by atoms with Crippen molar-refractivity contribution in [2.45, 2.75) is 123 Å². The Morgan fingerprint density at radius 2 is 1.37 bits per heavy atom. The number of aromatic nitrogens is 3. The Labute approximate surface area is 386 Å². The van der Waals surface area contributed by atoms with E-state index >= 15 is 0 Å². The summed E-state index contributed by atoms with van der Waals surface area (Å²) in [6.07, 6.45) is 0.301. The molecule has 7 rings (SSSR count). The van der Waals surface area contributed by atoms with Crippen LogP contribution >= 0.6 is 22.7 Å². The maximum atomic E-state index is 14.1. The van der Waals surface area contributed by atoms with Crippen LogP contribution in [-0.2, 0) is 48.4 Å². The lowest BCUT2D eigenvalue weighted by Crippen LogP contribution is -2.53. The van der Waals surface area contributed by atoms with Crippen molar-refractivity contribution >= 4 is 52.2 Å². The molecule has 0 aliphatic carbocycles. The fourth-order valence-corrected chi connectivity index (χ4v) is 10.1. The molecule has 2 aromatic carbocycles. The van der Waals surface area contributed by atoms with Crippen molar-refractivity contribution < 1.29 is 38.3 Å². The van der Waals surface area contributed by atoms with E-state index in [-0.39, 0.29) is 75.2 Å². The molecule has 0 radical (unpaired) electrons. The number of nitrogens with zero attached hydrogens (tertiary/aromatic N) is 5. The summed E-state index contributed by atoms with van der Waals surface area (Å²) < 4.78 is 12.0. The molecule has 2 fully saturated rings. The van der Waals surface area contributed by atoms with Crippen molar-refractivity contribution in [2.24, 2.45) is 0 Å². The van der Waals surface area contributed by atoms with E-state index in [4.69, 9.17) is 9.26 Å². The number of hydrogen-bond donors (Lipinski definition) is 4. The number of amides is 5. The predicted molar refractivity (Wildman–Crippen MR) is 245 cm³/mol. The highest BCUT2D eigenvalue weighted by atomic mass is 32.1. The summed E-state index contributed by atoms with van der Waals surface area (Å²) in [5.74, 6) is -2.24. The number of benzene rings is 2. The number of carbonyl (C=O) groups excluding carboxylic acids is 5. The van der Waals surface area contributed by atoms with Crippen molar-refractivity contribution in [3.05, 3.63) is 99.6 Å². The van der Waals surface area contributed by atoms with Crippen LogP contribution in [0.5, 0.6) is 0 Å². The summed E-state index contributed by atoms with van der Waals surface area (Å²) >= 11 is 3.14. The number of carbonyl (C=O) groups is 5. The number of hydrogen-bond acceptors (Lipinski definition) is 13. The van der Waals surface area contributed by atoms with E-state index in [1.165, 1.54) is 16.7 Å². The van der Waals surface area contributed by atoms with Gasteiger partial charge in [-0.3, -0.25) is 24.0 Å². The molecule has 65 heavy (non-hydrogen) atoms. The zero-order valence-electron chi connectivity index (χ0n) is 37.2. The average molecular weight is 925 g/mol. The Morgan fingerprint density at radius 1 is 0.815 bits per heavy atom. The van der Waals surface area contributed by atoms with Gasteiger partial charge in [0, 0.05) is 52.0 Å². The molecule has 0 bridgehead atoms. The van der Waals surface area contributed by atoms with Crippen LogP contribution in [0.25, 0.3) is 20.9 Å². The molecule has 16 nitrogen and oxygen atoms in total. The van der Waals surface area contributed by atoms with Crippen LogP contribution in [0.2, 0.25) is 0 Å². The number of rotatable bonds is 18. The van der Waals surface area contributed by atoms with Crippen molar-refractivity contribution in [1.82, 2.24) is 40.9 Å². The van der Waals surface area contributed by atoms with E-state index < -0.39 is 36.3 Å². The van der Waals surface area contributed by atoms with Crippen molar-refractivity contribution in [3.63, 3.8) is 0 Å². The molecule has 3 aromatic heterocycles. The molecule has 344 valence electrons. The minimum Gasteiger partial charge on any atom is -0.391 e. The van der Waals surface area contributed by atoms with Gasteiger partial charge >= 0.3 is 0 Å². The number of aliphatic hydroxyl groups excluding tert-OH is 1. The van der Waals surface area contributed by atoms with Gasteiger partial charge in [-0.05, 0) is 48.9 Å². The average Bonchev–Trinajstić information content (AvgIpc) is 4.16. The van der Waals surface area contributed by atoms with Crippen molar-refractivity contribution in [1.29, 1.82) is 0 Å². The summed E-state index contributed by atoms with van der Waals surface area (Å²) in [5.41, 5.74) is 9.82. The molecule has 2 aliphatic rings. The number of nitrogens with one attached hydrogen (secondary N) is 3. The standard InChI is InChI=1S/C47H56N8O8S2/c1-6-8-38(52-29(5)56)47(61)55-23-36(19-40(55)45(59)49-21-31-11-15-33(16-12-31)43-28(4)51-26-65-43)62-24-34-17-41(63-53-34)37(7-2)46(60)54-22-35(57)18-39(54)44(58)48-20-30-9-13-32(14-10-30)42-27(3)50-25-64-42/h9-17,25-26,35-40,57H,6-8,18-24H2,1-5H3,(H,48,58)(H,49,59)(H,52,56)/t35-,36-,37?,38+,39+,40+/m1/s1. The van der Waals surface area contributed by atoms with Crippen LogP contribution in [0.15, 0.2) is 70.1 Å². The first-order valence-electron chi connectivity index (χ1n) is 22.0. The Morgan fingerprint density at radius 3 is 1.88 bits per heavy atom. The van der Waals surface area contributed by atoms with Crippen LogP contribution in [-0.4, -0.2) is 103 Å². The lowest BCUT2D eigenvalue weighted by Gasteiger charge is -2.28. The minimum atomic E-state index is -0.865. The van der Waals surface area contributed by atoms with Gasteiger partial charge in [0.25, 0.3) is 0 Å². The molecule has 6 atom stereocenters. The van der Waals surface area contributed by atoms with Crippen LogP contribution in [0, 0.1) is 13.8 Å². The summed E-state index contributed by atoms with van der Waals surface area (Å²) in [7, 11) is 0. The van der Waals surface area contributed by atoms with Gasteiger partial charge in [0.15, 0.2) is 0 Å². The van der Waals surface area contributed by atoms with E-state index in [1.54, 1.807) is 28.7 Å². The molecule has 4 N–H and O–H groups in total. The SMILES string of the molecule is CCC[C@H](NC(C)=O)C(=O)N1C[C@H](OCc2cc(C(CC)C(=O)N3C[C@H](O)C[C@H]3C(=O)NCc3ccc(-c4scnc4C)cc3)on2)C[C@H]1C(=O)NCc1ccc(-c2scnc2C)cc1. The van der Waals surface area contributed by atoms with Crippen LogP contribution in [0.4, 0.5) is 0 Å². The Kier molecular flexibility index (Phi) is 15.6. The Hall–Kier alpha value is -5.82. The maximum absolute atomic E-state index is 14.1. The molecule has 2 aliphatic heterocycles. The number of aryl methyl sites for hydroxylation is 2. The maximum Gasteiger partial charge on any atom is 0.245 e. The number of ether oxygens (including phenoxy) is 1. The van der Waals surface area contributed by atoms with E-state index in [9.17, 15) is 29.1 Å². The van der Waals surface area contributed by atoms with Gasteiger partial charge in [0.1, 0.15) is 29.6 Å². The second-order valence-corrected chi connectivity index (χ2v) is 18.4. The normalized spacial score (nSPS) is 19.2. The minimum absolute atomic E-state index is 0.00657. The van der Waals surface area contributed by atoms with Gasteiger partial charge in [-0.25, -0.2) is 9.97 Å². The zero-order chi connectivity index (χ0) is 46.2. The van der Waals surface area contributed by atoms with Crippen LogP contribution in [0.3, 0.4) is 0 Å². The third-order valence-electron chi connectivity index (χ3n) is 11.9. The number of aliphatic hydroxyl groups is 1. The highest BCUT2D eigenvalue weighted by Gasteiger charge is 2.44. The van der Waals surface area contributed by atoms with Crippen LogP contribution < -0.4 is 16.0 Å². The van der Waals surface area contributed by atoms with Crippen molar-refractivity contribution in [3.8, 4) is 20.9 Å². The Balaban J connectivity index is 0.966. The summed E-state index contributed by atoms with van der Waals surface area (Å²) in [4.78, 5) is 81.1. The second-order valence-electron chi connectivity index (χ2n) is 16.7. The largest absolute Gasteiger partial charge is 0.391 e. The Bertz CT molecular complexity index is 2450. The van der Waals surface area contributed by atoms with E-state index in [1.807, 2.05) is 87.2 Å². The molecule has 5 aromatic rings. The first kappa shape index (κ1) is 47.2. The molecule has 18 heteroatoms. The van der Waals surface area contributed by atoms with E-state index in [0.717, 1.165) is 43.4 Å². The second kappa shape index (κ2) is 21.4. The predicted octanol–water partition coefficient (Wildman–Crippen LogP) is 5.42. The lowest BCUT2D eigenvalue weighted by molar-refractivity contribution is -0.141. The molecule has 5 heterocycles. The molecular formula is C47H56N8O8S2. The van der Waals surface area contributed by atoms with Gasteiger partial charge in [-0.2, -0.15) is 0 Å². The molecule has 5 amide bonds. The molecule has 2 saturated heterocycles. The van der Waals surface area contributed by atoms with Gasteiger partial charge in [-0.15, -0.1) is 22.7 Å². The summed E-state index contributed by atoms with van der Waals surface area (Å²) in [5, 5.41) is 23.5. The van der Waals surface area contributed by atoms with E-state index in [2.05, 4.69) is 31.1 Å². The fourth-order valence-electron chi connectivity index (χ4n) is 8.49. The third kappa shape index (κ3) is 11.4. The lowest BCUT2D eigenvalue weighted by atomic mass is 10.0. The van der Waals surface area contributed by atoms with E-state index in [0.29, 0.717) is 30.7 Å². The molecule has 1 unspecified atom stereocenters. The summed E-state index contributed by atoms with van der Waals surface area (Å²) in [6, 6.07) is 14.9. The smallest absolute Gasteiger partial charge is 0.245 e. The highest BCUT2D eigenvalue weighted by Crippen LogP contribution is 2.31. The summed E-state index contributed by atoms with van der Waals surface area (Å²) in [6.45, 7) is 9.64. The van der Waals surface area contributed by atoms with Gasteiger partial charge in [0.2, 0.25) is 29.5 Å². The third-order valence-corrected chi connectivity index (χ3v) is 13.9. The number of thiazole rings is 2. The topological polar surface area (TPSA) is 209 Å². The number of β-amino-alcohol motifs (C(OH)–C–C–N with tert-alkyl or cyclic N) is 1. The van der Waals surface area contributed by atoms with Gasteiger partial charge < -0.3 is 40.1 Å².